The summed E-state index contributed by atoms with van der Waals surface area (Å²) in [6.07, 6.45) is 8.26. The van der Waals surface area contributed by atoms with E-state index in [1.807, 2.05) is 47.3 Å². The molecule has 1 atom stereocenters. The Hall–Kier alpha value is -2.08. The van der Waals surface area contributed by atoms with Crippen molar-refractivity contribution in [2.24, 2.45) is 5.92 Å². The number of hydrogen-bond donors (Lipinski definition) is 0. The molecular weight excluding hydrogens is 527 g/mol. The van der Waals surface area contributed by atoms with E-state index in [9.17, 15) is 9.59 Å². The third-order valence-corrected chi connectivity index (χ3v) is 3.96. The number of esters is 2. The van der Waals surface area contributed by atoms with Crippen molar-refractivity contribution in [3.63, 3.8) is 0 Å². The number of nitrogens with zero attached hydrogens (tertiary/aromatic N) is 4. The topological polar surface area (TPSA) is 133 Å². The number of nitriles is 2. The van der Waals surface area contributed by atoms with E-state index < -0.39 is 17.9 Å². The number of hydrogen-bond acceptors (Lipinski definition) is 7. The second-order valence-corrected chi connectivity index (χ2v) is 6.97. The van der Waals surface area contributed by atoms with Crippen LogP contribution in [0.15, 0.2) is 49.1 Å². The third kappa shape index (κ3) is 23.4. The molecule has 0 aliphatic heterocycles. The number of carbonyl (C=O) groups excluding carboxylic acids is 2. The predicted molar refractivity (Wildman–Crippen MR) is 130 cm³/mol. The van der Waals surface area contributed by atoms with Gasteiger partial charge in [0, 0.05) is 43.2 Å². The first kappa shape index (κ1) is 37.5. The first-order valence-electron chi connectivity index (χ1n) is 10.9. The number of rotatable bonds is 9. The fourth-order valence-corrected chi connectivity index (χ4v) is 2.58. The van der Waals surface area contributed by atoms with Crippen LogP contribution in [0.3, 0.4) is 0 Å². The largest absolute Gasteiger partial charge is 1.00 e. The quantitative estimate of drug-likeness (QED) is 0.244. The predicted octanol–water partition coefficient (Wildman–Crippen LogP) is 0.298. The van der Waals surface area contributed by atoms with Crippen molar-refractivity contribution in [2.45, 2.75) is 46.7 Å². The van der Waals surface area contributed by atoms with Gasteiger partial charge in [-0.15, -0.1) is 6.61 Å². The van der Waals surface area contributed by atoms with Crippen LogP contribution in [-0.4, -0.2) is 46.2 Å². The average molecular weight is 561 g/mol. The monoisotopic (exact) mass is 560 g/mol. The molecule has 0 aliphatic carbocycles. The Bertz CT molecular complexity index is 818. The average Bonchev–Trinajstić information content (AvgIpc) is 3.51. The van der Waals surface area contributed by atoms with Gasteiger partial charge in [0.1, 0.15) is 12.3 Å². The summed E-state index contributed by atoms with van der Waals surface area (Å²) in [6, 6.07) is 11.5. The molecule has 0 fully saturated rings. The summed E-state index contributed by atoms with van der Waals surface area (Å²) in [5, 5.41) is 26.7. The summed E-state index contributed by atoms with van der Waals surface area (Å²) >= 11 is 3.35. The Morgan fingerprint density at radius 2 is 1.40 bits per heavy atom. The van der Waals surface area contributed by atoms with Crippen LogP contribution in [0.2, 0.25) is 0 Å². The van der Waals surface area contributed by atoms with Gasteiger partial charge in [0.05, 0.1) is 25.4 Å². The molecule has 0 saturated heterocycles. The van der Waals surface area contributed by atoms with Gasteiger partial charge in [0.15, 0.2) is 0 Å². The van der Waals surface area contributed by atoms with Crippen molar-refractivity contribution < 1.29 is 53.7 Å². The van der Waals surface area contributed by atoms with Gasteiger partial charge >= 0.3 is 41.5 Å². The van der Waals surface area contributed by atoms with E-state index in [0.29, 0.717) is 26.2 Å². The van der Waals surface area contributed by atoms with Gasteiger partial charge < -0.3 is 23.7 Å². The summed E-state index contributed by atoms with van der Waals surface area (Å²) in [5.74, 6) is -1.53. The fraction of sp³-hybridized carbons (Fsp3) is 0.500. The molecule has 35 heavy (non-hydrogen) atoms. The molecule has 9 nitrogen and oxygen atoms in total. The number of aryl methyl sites for hydroxylation is 2. The minimum absolute atomic E-state index is 0. The summed E-state index contributed by atoms with van der Waals surface area (Å²) in [5.41, 5.74) is 0. The van der Waals surface area contributed by atoms with Crippen LogP contribution in [0, 0.1) is 28.6 Å². The van der Waals surface area contributed by atoms with E-state index in [1.165, 1.54) is 0 Å². The number of halogens is 1. The molecule has 0 radical (unpaired) electrons. The van der Waals surface area contributed by atoms with Crippen LogP contribution in [0.4, 0.5) is 0 Å². The van der Waals surface area contributed by atoms with Crippen molar-refractivity contribution in [3.8, 4) is 12.1 Å². The van der Waals surface area contributed by atoms with Gasteiger partial charge in [-0.2, -0.15) is 10.5 Å². The smallest absolute Gasteiger partial charge is 0.855 e. The number of ether oxygens (including phenoxy) is 2. The summed E-state index contributed by atoms with van der Waals surface area (Å²) in [4.78, 5) is 21.5. The molecule has 0 aliphatic rings. The Labute approximate surface area is 239 Å². The van der Waals surface area contributed by atoms with Crippen molar-refractivity contribution in [1.82, 2.24) is 9.13 Å². The van der Waals surface area contributed by atoms with E-state index in [0.717, 1.165) is 11.9 Å². The molecule has 0 saturated carbocycles. The zero-order chi connectivity index (χ0) is 26.0. The molecule has 2 aromatic heterocycles. The first-order valence-corrected chi connectivity index (χ1v) is 12.0. The Morgan fingerprint density at radius 3 is 1.77 bits per heavy atom. The molecule has 2 rings (SSSR count). The molecule has 0 N–H and O–H groups in total. The molecule has 188 valence electrons. The van der Waals surface area contributed by atoms with Gasteiger partial charge in [-0.25, -0.2) is 0 Å². The second kappa shape index (κ2) is 28.2. The number of carbonyl (C=O) groups is 2. The molecule has 0 amide bonds. The minimum Gasteiger partial charge on any atom is -0.855 e. The van der Waals surface area contributed by atoms with Crippen LogP contribution < -0.4 is 34.7 Å². The van der Waals surface area contributed by atoms with Gasteiger partial charge in [0.25, 0.3) is 0 Å². The van der Waals surface area contributed by atoms with Crippen molar-refractivity contribution >= 4 is 27.9 Å². The molecule has 0 bridgehead atoms. The van der Waals surface area contributed by atoms with Gasteiger partial charge in [-0.05, 0) is 44.5 Å². The Kier molecular flexibility index (Phi) is 30.1. The van der Waals surface area contributed by atoms with Gasteiger partial charge in [-0.3, -0.25) is 9.59 Å². The molecule has 2 heterocycles. The SMILES string of the molecule is BrCCn1cccc1.CCOC(=O)C(C#N)CCn1cccc1.CCOC(=O)CC#N.CC[O-].[Na+]. The van der Waals surface area contributed by atoms with E-state index in [2.05, 4.69) is 37.6 Å². The molecular formula is C24H34BrN4NaO5. The Morgan fingerprint density at radius 1 is 0.943 bits per heavy atom. The second-order valence-electron chi connectivity index (χ2n) is 6.18. The van der Waals surface area contributed by atoms with E-state index >= 15 is 0 Å². The number of alkyl halides is 1. The van der Waals surface area contributed by atoms with E-state index in [-0.39, 0.29) is 42.6 Å². The normalized spacial score (nSPS) is 9.46. The van der Waals surface area contributed by atoms with Crippen molar-refractivity contribution in [2.75, 3.05) is 25.2 Å². The van der Waals surface area contributed by atoms with Crippen LogP contribution in [0.25, 0.3) is 0 Å². The summed E-state index contributed by atoms with van der Waals surface area (Å²) in [6.45, 7) is 7.39. The van der Waals surface area contributed by atoms with Gasteiger partial charge in [-0.1, -0.05) is 22.9 Å². The third-order valence-electron chi connectivity index (χ3n) is 3.61. The first-order chi connectivity index (χ1) is 16.4. The van der Waals surface area contributed by atoms with Crippen LogP contribution in [-0.2, 0) is 32.2 Å². The maximum Gasteiger partial charge on any atom is 1.00 e. The molecule has 1 unspecified atom stereocenters. The number of aromatic nitrogens is 2. The fourth-order valence-electron chi connectivity index (χ4n) is 2.17. The van der Waals surface area contributed by atoms with Crippen LogP contribution in [0.5, 0.6) is 0 Å². The van der Waals surface area contributed by atoms with Crippen molar-refractivity contribution in [1.29, 1.82) is 10.5 Å². The Balaban J connectivity index is -0.000000438. The van der Waals surface area contributed by atoms with E-state index in [4.69, 9.17) is 20.4 Å². The van der Waals surface area contributed by atoms with E-state index in [1.54, 1.807) is 26.8 Å². The minimum atomic E-state index is -0.660. The zero-order valence-electron chi connectivity index (χ0n) is 21.1. The summed E-state index contributed by atoms with van der Waals surface area (Å²) in [7, 11) is 0. The maximum absolute atomic E-state index is 11.3. The standard InChI is InChI=1S/C11H14N2O2.C6H8BrN.C5H7NO2.C2H5O.Na/c1-2-15-11(14)10(9-12)5-8-13-6-3-4-7-13;7-3-6-8-4-1-2-5-8;1-2-8-5(7)3-4-6;1-2-3;/h3-4,6-7,10H,2,5,8H2,1H3;1-2,4-5H,3,6H2;2-3H2,1H3;2H2,1H3;/q;;;-1;+1. The molecule has 0 spiro atoms. The maximum atomic E-state index is 11.3. The molecule has 2 aromatic rings. The molecule has 0 aromatic carbocycles. The van der Waals surface area contributed by atoms with Crippen molar-refractivity contribution in [3.05, 3.63) is 49.1 Å². The van der Waals surface area contributed by atoms with Gasteiger partial charge in [0.2, 0.25) is 0 Å². The van der Waals surface area contributed by atoms with Crippen LogP contribution in [0.1, 0.15) is 33.6 Å². The summed E-state index contributed by atoms with van der Waals surface area (Å²) < 4.78 is 13.3. The van der Waals surface area contributed by atoms with Crippen LogP contribution >= 0.6 is 15.9 Å². The molecule has 11 heteroatoms. The zero-order valence-corrected chi connectivity index (χ0v) is 24.6.